The molecule has 3 amide bonds. The highest BCUT2D eigenvalue weighted by Gasteiger charge is 2.32. The first kappa shape index (κ1) is 30.3. The van der Waals surface area contributed by atoms with Crippen LogP contribution in [0.5, 0.6) is 5.75 Å². The van der Waals surface area contributed by atoms with Gasteiger partial charge in [-0.15, -0.1) is 0 Å². The van der Waals surface area contributed by atoms with Gasteiger partial charge in [0, 0.05) is 19.3 Å². The highest BCUT2D eigenvalue weighted by Crippen LogP contribution is 2.13. The molecule has 10 nitrogen and oxygen atoms in total. The second-order valence-electron chi connectivity index (χ2n) is 10.4. The number of hydrogen-bond acceptors (Lipinski definition) is 6. The molecule has 1 aliphatic rings. The minimum atomic E-state index is -1.23. The first-order chi connectivity index (χ1) is 20.3. The Hall–Kier alpha value is -4.70. The van der Waals surface area contributed by atoms with E-state index in [1.165, 1.54) is 12.1 Å². The fraction of sp³-hybridized carbons (Fsp3) is 0.312. The lowest BCUT2D eigenvalue weighted by molar-refractivity contribution is -0.142. The number of carboxylic acids is 1. The molecule has 0 radical (unpaired) electrons. The summed E-state index contributed by atoms with van der Waals surface area (Å²) in [5.74, 6) is -2.71. The van der Waals surface area contributed by atoms with Crippen LogP contribution in [0.4, 0.5) is 0 Å². The monoisotopic (exact) mass is 572 g/mol. The Morgan fingerprint density at radius 2 is 1.17 bits per heavy atom. The highest BCUT2D eigenvalue weighted by atomic mass is 16.4. The summed E-state index contributed by atoms with van der Waals surface area (Å²) in [6, 6.07) is 20.6. The molecule has 0 saturated carbocycles. The summed E-state index contributed by atoms with van der Waals surface area (Å²) in [5.41, 5.74) is 2.20. The second-order valence-corrected chi connectivity index (χ2v) is 10.4. The van der Waals surface area contributed by atoms with Crippen molar-refractivity contribution in [2.75, 3.05) is 6.54 Å². The molecule has 1 heterocycles. The van der Waals surface area contributed by atoms with Crippen LogP contribution in [0.25, 0.3) is 0 Å². The van der Waals surface area contributed by atoms with Crippen molar-refractivity contribution in [3.8, 4) is 5.75 Å². The first-order valence-corrected chi connectivity index (χ1v) is 14.0. The molecule has 3 aromatic carbocycles. The lowest BCUT2D eigenvalue weighted by Gasteiger charge is -2.25. The van der Waals surface area contributed by atoms with E-state index in [-0.39, 0.29) is 30.9 Å². The summed E-state index contributed by atoms with van der Waals surface area (Å²) in [5, 5.41) is 30.8. The van der Waals surface area contributed by atoms with Crippen LogP contribution in [0.15, 0.2) is 84.9 Å². The molecule has 4 atom stereocenters. The molecule has 1 aliphatic heterocycles. The van der Waals surface area contributed by atoms with Crippen molar-refractivity contribution >= 4 is 23.7 Å². The number of phenolic OH excluding ortho intramolecular Hbond substituents is 1. The number of phenols is 1. The van der Waals surface area contributed by atoms with Crippen molar-refractivity contribution in [3.63, 3.8) is 0 Å². The Balaban J connectivity index is 1.54. The number of nitrogens with one attached hydrogen (secondary N) is 4. The molecule has 0 spiro atoms. The molecule has 3 aromatic rings. The number of aliphatic carboxylic acids is 1. The maximum absolute atomic E-state index is 13.7. The van der Waals surface area contributed by atoms with Crippen molar-refractivity contribution < 1.29 is 29.4 Å². The lowest BCUT2D eigenvalue weighted by Crippen LogP contribution is -2.58. The van der Waals surface area contributed by atoms with E-state index in [2.05, 4.69) is 21.3 Å². The molecule has 1 saturated heterocycles. The first-order valence-electron chi connectivity index (χ1n) is 14.0. The third-order valence-electron chi connectivity index (χ3n) is 7.20. The average Bonchev–Trinajstić information content (AvgIpc) is 3.54. The molecule has 220 valence electrons. The molecular weight excluding hydrogens is 536 g/mol. The number of carbonyl (C=O) groups is 4. The van der Waals surface area contributed by atoms with Gasteiger partial charge in [0.2, 0.25) is 17.7 Å². The zero-order valence-corrected chi connectivity index (χ0v) is 23.2. The zero-order valence-electron chi connectivity index (χ0n) is 23.2. The zero-order chi connectivity index (χ0) is 29.9. The van der Waals surface area contributed by atoms with E-state index < -0.39 is 42.0 Å². The minimum Gasteiger partial charge on any atom is -0.508 e. The fourth-order valence-corrected chi connectivity index (χ4v) is 4.91. The molecule has 6 N–H and O–H groups in total. The van der Waals surface area contributed by atoms with E-state index in [1.54, 1.807) is 36.4 Å². The predicted molar refractivity (Wildman–Crippen MR) is 157 cm³/mol. The van der Waals surface area contributed by atoms with E-state index in [9.17, 15) is 29.4 Å². The predicted octanol–water partition coefficient (Wildman–Crippen LogP) is 1.71. The Bertz CT molecular complexity index is 1340. The molecule has 0 bridgehead atoms. The number of benzene rings is 3. The molecule has 4 unspecified atom stereocenters. The van der Waals surface area contributed by atoms with Crippen molar-refractivity contribution in [1.82, 2.24) is 21.3 Å². The van der Waals surface area contributed by atoms with Crippen LogP contribution in [0.1, 0.15) is 29.5 Å². The van der Waals surface area contributed by atoms with E-state index in [4.69, 9.17) is 0 Å². The topological polar surface area (TPSA) is 157 Å². The standard InChI is InChI=1S/C32H36N4O6/c37-24-15-13-23(14-16-24)19-27(31(40)36-28(32(41)42)20-22-10-5-2-6-11-22)35-30(39)26(18-21-8-3-1-4-9-21)34-29(38)25-12-7-17-33-25/h1-6,8-11,13-16,25-28,33,37H,7,12,17-20H2,(H,34,38)(H,35,39)(H,36,40)(H,41,42). The summed E-state index contributed by atoms with van der Waals surface area (Å²) in [6.45, 7) is 0.718. The highest BCUT2D eigenvalue weighted by molar-refractivity contribution is 5.94. The quantitative estimate of drug-likeness (QED) is 0.182. The molecule has 1 fully saturated rings. The SMILES string of the molecule is O=C(O)C(Cc1ccccc1)NC(=O)C(Cc1ccc(O)cc1)NC(=O)C(Cc1ccccc1)NC(=O)C1CCCN1. The van der Waals surface area contributed by atoms with Crippen molar-refractivity contribution in [2.24, 2.45) is 0 Å². The minimum absolute atomic E-state index is 0.0334. The molecule has 0 aromatic heterocycles. The summed E-state index contributed by atoms with van der Waals surface area (Å²) >= 11 is 0. The Labute approximate surface area is 244 Å². The molecular formula is C32H36N4O6. The summed E-state index contributed by atoms with van der Waals surface area (Å²) in [4.78, 5) is 52.2. The van der Waals surface area contributed by atoms with Gasteiger partial charge in [0.15, 0.2) is 0 Å². The smallest absolute Gasteiger partial charge is 0.326 e. The van der Waals surface area contributed by atoms with Crippen LogP contribution in [-0.2, 0) is 38.4 Å². The maximum Gasteiger partial charge on any atom is 0.326 e. The molecule has 42 heavy (non-hydrogen) atoms. The largest absolute Gasteiger partial charge is 0.508 e. The third-order valence-corrected chi connectivity index (χ3v) is 7.20. The van der Waals surface area contributed by atoms with Gasteiger partial charge in [0.25, 0.3) is 0 Å². The van der Waals surface area contributed by atoms with Gasteiger partial charge in [-0.1, -0.05) is 72.8 Å². The van der Waals surface area contributed by atoms with E-state index >= 15 is 0 Å². The van der Waals surface area contributed by atoms with Gasteiger partial charge >= 0.3 is 5.97 Å². The number of aromatic hydroxyl groups is 1. The van der Waals surface area contributed by atoms with Crippen LogP contribution in [0.3, 0.4) is 0 Å². The van der Waals surface area contributed by atoms with Gasteiger partial charge in [0.1, 0.15) is 23.9 Å². The fourth-order valence-electron chi connectivity index (χ4n) is 4.91. The summed E-state index contributed by atoms with van der Waals surface area (Å²) in [6.07, 6.45) is 1.81. The second kappa shape index (κ2) is 14.8. The molecule has 0 aliphatic carbocycles. The number of amides is 3. The van der Waals surface area contributed by atoms with E-state index in [0.717, 1.165) is 24.1 Å². The van der Waals surface area contributed by atoms with Gasteiger partial charge < -0.3 is 31.5 Å². The molecule has 4 rings (SSSR count). The van der Waals surface area contributed by atoms with Crippen LogP contribution in [0.2, 0.25) is 0 Å². The van der Waals surface area contributed by atoms with Crippen LogP contribution < -0.4 is 21.3 Å². The maximum atomic E-state index is 13.7. The Morgan fingerprint density at radius 3 is 1.67 bits per heavy atom. The van der Waals surface area contributed by atoms with Crippen LogP contribution in [0, 0.1) is 0 Å². The Kier molecular flexibility index (Phi) is 10.7. The van der Waals surface area contributed by atoms with Crippen molar-refractivity contribution in [1.29, 1.82) is 0 Å². The third kappa shape index (κ3) is 8.90. The number of hydrogen-bond donors (Lipinski definition) is 6. The average molecular weight is 573 g/mol. The Morgan fingerprint density at radius 1 is 0.690 bits per heavy atom. The van der Waals surface area contributed by atoms with Crippen molar-refractivity contribution in [2.45, 2.75) is 56.3 Å². The summed E-state index contributed by atoms with van der Waals surface area (Å²) < 4.78 is 0. The van der Waals surface area contributed by atoms with Crippen LogP contribution in [-0.4, -0.2) is 64.6 Å². The van der Waals surface area contributed by atoms with E-state index in [1.807, 2.05) is 36.4 Å². The van der Waals surface area contributed by atoms with Crippen LogP contribution >= 0.6 is 0 Å². The van der Waals surface area contributed by atoms with Gasteiger partial charge in [-0.05, 0) is 48.2 Å². The van der Waals surface area contributed by atoms with Gasteiger partial charge in [-0.25, -0.2) is 4.79 Å². The summed E-state index contributed by atoms with van der Waals surface area (Å²) in [7, 11) is 0. The van der Waals surface area contributed by atoms with Crippen molar-refractivity contribution in [3.05, 3.63) is 102 Å². The van der Waals surface area contributed by atoms with Gasteiger partial charge in [-0.2, -0.15) is 0 Å². The van der Waals surface area contributed by atoms with E-state index in [0.29, 0.717) is 12.0 Å². The number of carboxylic acid groups (broad SMARTS) is 1. The normalized spacial score (nSPS) is 16.5. The number of carbonyl (C=O) groups excluding carboxylic acids is 3. The lowest BCUT2D eigenvalue weighted by atomic mass is 10.0. The molecule has 10 heteroatoms. The van der Waals surface area contributed by atoms with Gasteiger partial charge in [0.05, 0.1) is 6.04 Å². The number of rotatable bonds is 13. The van der Waals surface area contributed by atoms with Gasteiger partial charge in [-0.3, -0.25) is 14.4 Å².